The first-order chi connectivity index (χ1) is 7.74. The minimum Gasteiger partial charge on any atom is -0.493 e. The van der Waals surface area contributed by atoms with Crippen molar-refractivity contribution in [3.63, 3.8) is 0 Å². The van der Waals surface area contributed by atoms with Crippen LogP contribution in [-0.2, 0) is 0 Å². The smallest absolute Gasteiger partial charge is 0.141 e. The molecule has 1 aromatic rings. The molecule has 1 saturated heterocycles. The van der Waals surface area contributed by atoms with E-state index in [1.54, 1.807) is 12.1 Å². The van der Waals surface area contributed by atoms with E-state index < -0.39 is 8.11 Å². The second-order valence-electron chi connectivity index (χ2n) is 4.38. The molecule has 1 aliphatic rings. The Bertz CT molecular complexity index is 322. The Labute approximate surface area is 102 Å². The molecule has 0 atom stereocenters. The second kappa shape index (κ2) is 5.69. The summed E-state index contributed by atoms with van der Waals surface area (Å²) in [6, 6.07) is 8.66. The fourth-order valence-corrected chi connectivity index (χ4v) is 4.74. The van der Waals surface area contributed by atoms with E-state index in [-0.39, 0.29) is 5.82 Å². The van der Waals surface area contributed by atoms with Gasteiger partial charge in [0.05, 0.1) is 6.61 Å². The van der Waals surface area contributed by atoms with E-state index in [9.17, 15) is 4.39 Å². The van der Waals surface area contributed by atoms with Gasteiger partial charge in [-0.05, 0) is 55.1 Å². The van der Waals surface area contributed by atoms with E-state index in [0.29, 0.717) is 5.92 Å². The van der Waals surface area contributed by atoms with Crippen molar-refractivity contribution in [1.82, 2.24) is 0 Å². The summed E-state index contributed by atoms with van der Waals surface area (Å²) in [6.45, 7) is 0.740. The van der Waals surface area contributed by atoms with Crippen LogP contribution >= 0.6 is 11.1 Å². The average Bonchev–Trinajstić information content (AvgIpc) is 2.30. The van der Waals surface area contributed by atoms with Crippen LogP contribution in [0.15, 0.2) is 24.3 Å². The van der Waals surface area contributed by atoms with Gasteiger partial charge >= 0.3 is 0 Å². The molecule has 2 rings (SSSR count). The molecule has 0 aromatic heterocycles. The molecule has 16 heavy (non-hydrogen) atoms. The zero-order valence-electron chi connectivity index (χ0n) is 9.16. The zero-order valence-corrected chi connectivity index (χ0v) is 11.1. The van der Waals surface area contributed by atoms with Crippen LogP contribution in [0.5, 0.6) is 5.75 Å². The molecule has 0 unspecified atom stereocenters. The van der Waals surface area contributed by atoms with Crippen molar-refractivity contribution in [3.8, 4) is 5.75 Å². The predicted octanol–water partition coefficient (Wildman–Crippen LogP) is 3.58. The summed E-state index contributed by atoms with van der Waals surface area (Å²) < 4.78 is 18.3. The lowest BCUT2D eigenvalue weighted by Gasteiger charge is -2.24. The van der Waals surface area contributed by atoms with Gasteiger partial charge in [-0.3, -0.25) is 0 Å². The summed E-state index contributed by atoms with van der Waals surface area (Å²) in [7, 11) is -0.871. The van der Waals surface area contributed by atoms with Gasteiger partial charge in [0, 0.05) is 0 Å². The summed E-state index contributed by atoms with van der Waals surface area (Å²) in [5.41, 5.74) is 0. The highest BCUT2D eigenvalue weighted by molar-refractivity contribution is 7.07. The van der Waals surface area contributed by atoms with Crippen molar-refractivity contribution in [2.24, 2.45) is 5.92 Å². The highest BCUT2D eigenvalue weighted by Gasteiger charge is 2.21. The maximum atomic E-state index is 12.7. The first-order valence-electron chi connectivity index (χ1n) is 5.76. The quantitative estimate of drug-likeness (QED) is 0.595. The van der Waals surface area contributed by atoms with E-state index in [1.807, 2.05) is 0 Å². The molecule has 0 saturated carbocycles. The Kier molecular flexibility index (Phi) is 4.24. The molecular weight excluding hydrogens is 243 g/mol. The zero-order chi connectivity index (χ0) is 11.4. The van der Waals surface area contributed by atoms with Crippen LogP contribution in [0.4, 0.5) is 4.39 Å². The molecule has 0 spiro atoms. The van der Waals surface area contributed by atoms with Crippen LogP contribution in [0.2, 0.25) is 12.1 Å². The minimum absolute atomic E-state index is 0.221. The maximum absolute atomic E-state index is 12.7. The van der Waals surface area contributed by atoms with Gasteiger partial charge in [-0.15, -0.1) is 0 Å². The van der Waals surface area contributed by atoms with Gasteiger partial charge in [-0.2, -0.15) is 11.1 Å². The fraction of sp³-hybridized carbons (Fsp3) is 0.500. The van der Waals surface area contributed by atoms with Gasteiger partial charge < -0.3 is 4.74 Å². The Morgan fingerprint density at radius 3 is 2.50 bits per heavy atom. The van der Waals surface area contributed by atoms with Crippen molar-refractivity contribution >= 4 is 19.2 Å². The van der Waals surface area contributed by atoms with Crippen molar-refractivity contribution in [2.45, 2.75) is 24.9 Å². The lowest BCUT2D eigenvalue weighted by Crippen LogP contribution is -2.21. The van der Waals surface area contributed by atoms with Crippen LogP contribution in [0.25, 0.3) is 0 Å². The standard InChI is InChI=1S/C12H16ClFOSi/c13-16-7-5-10(6-8-16)9-15-12-3-1-11(14)2-4-12/h1-4,10,16H,5-9H2. The lowest BCUT2D eigenvalue weighted by molar-refractivity contribution is 0.236. The van der Waals surface area contributed by atoms with Crippen molar-refractivity contribution in [2.75, 3.05) is 6.61 Å². The number of halogens is 2. The average molecular weight is 259 g/mol. The Balaban J connectivity index is 1.77. The summed E-state index contributed by atoms with van der Waals surface area (Å²) in [5.74, 6) is 1.17. The van der Waals surface area contributed by atoms with Gasteiger partial charge in [0.2, 0.25) is 0 Å². The van der Waals surface area contributed by atoms with E-state index in [2.05, 4.69) is 0 Å². The Morgan fingerprint density at radius 1 is 1.25 bits per heavy atom. The molecule has 0 radical (unpaired) electrons. The molecule has 0 N–H and O–H groups in total. The van der Waals surface area contributed by atoms with Gasteiger partial charge in [-0.25, -0.2) is 4.39 Å². The fourth-order valence-electron chi connectivity index (χ4n) is 2.03. The number of ether oxygens (including phenoxy) is 1. The van der Waals surface area contributed by atoms with Crippen molar-refractivity contribution < 1.29 is 9.13 Å². The summed E-state index contributed by atoms with van der Waals surface area (Å²) in [4.78, 5) is 0. The molecule has 1 aromatic carbocycles. The molecular formula is C12H16ClFOSi. The molecule has 1 heterocycles. The van der Waals surface area contributed by atoms with Gasteiger partial charge in [0.15, 0.2) is 0 Å². The number of rotatable bonds is 3. The third-order valence-corrected chi connectivity index (χ3v) is 6.30. The molecule has 4 heteroatoms. The van der Waals surface area contributed by atoms with E-state index >= 15 is 0 Å². The van der Waals surface area contributed by atoms with Crippen molar-refractivity contribution in [3.05, 3.63) is 30.1 Å². The van der Waals surface area contributed by atoms with Crippen LogP contribution in [0, 0.1) is 11.7 Å². The Morgan fingerprint density at radius 2 is 1.88 bits per heavy atom. The molecule has 0 bridgehead atoms. The molecule has 1 fully saturated rings. The van der Waals surface area contributed by atoms with Gasteiger partial charge in [0.1, 0.15) is 19.7 Å². The van der Waals surface area contributed by atoms with Crippen molar-refractivity contribution in [1.29, 1.82) is 0 Å². The minimum atomic E-state index is -0.871. The SMILES string of the molecule is Fc1ccc(OCC2CC[SiH](Cl)CC2)cc1. The lowest BCUT2D eigenvalue weighted by atomic mass is 10.0. The Hall–Kier alpha value is -0.543. The maximum Gasteiger partial charge on any atom is 0.141 e. The van der Waals surface area contributed by atoms with E-state index in [1.165, 1.54) is 37.1 Å². The molecule has 1 aliphatic heterocycles. The largest absolute Gasteiger partial charge is 0.493 e. The third kappa shape index (κ3) is 3.49. The molecule has 0 aliphatic carbocycles. The van der Waals surface area contributed by atoms with Crippen LogP contribution in [0.3, 0.4) is 0 Å². The topological polar surface area (TPSA) is 9.23 Å². The molecule has 1 nitrogen and oxygen atoms in total. The molecule has 0 amide bonds. The second-order valence-corrected chi connectivity index (χ2v) is 8.58. The van der Waals surface area contributed by atoms with Crippen LogP contribution in [0.1, 0.15) is 12.8 Å². The normalized spacial score (nSPS) is 25.4. The summed E-state index contributed by atoms with van der Waals surface area (Å²) in [6.07, 6.45) is 2.39. The van der Waals surface area contributed by atoms with Gasteiger partial charge in [0.25, 0.3) is 0 Å². The monoisotopic (exact) mass is 258 g/mol. The summed E-state index contributed by atoms with van der Waals surface area (Å²) in [5, 5.41) is 0. The number of hydrogen-bond donors (Lipinski definition) is 0. The van der Waals surface area contributed by atoms with Crippen LogP contribution < -0.4 is 4.74 Å². The summed E-state index contributed by atoms with van der Waals surface area (Å²) >= 11 is 6.17. The predicted molar refractivity (Wildman–Crippen MR) is 67.2 cm³/mol. The third-order valence-electron chi connectivity index (χ3n) is 3.08. The van der Waals surface area contributed by atoms with Crippen LogP contribution in [-0.4, -0.2) is 14.7 Å². The molecule has 88 valence electrons. The first kappa shape index (κ1) is 11.9. The van der Waals surface area contributed by atoms with E-state index in [4.69, 9.17) is 15.8 Å². The highest BCUT2D eigenvalue weighted by Crippen LogP contribution is 2.27. The first-order valence-corrected chi connectivity index (χ1v) is 9.14. The van der Waals surface area contributed by atoms with Gasteiger partial charge in [-0.1, -0.05) is 0 Å². The number of benzene rings is 1. The highest BCUT2D eigenvalue weighted by atomic mass is 35.6. The number of hydrogen-bond acceptors (Lipinski definition) is 1. The van der Waals surface area contributed by atoms with E-state index in [0.717, 1.165) is 12.4 Å².